The molecule has 4 aromatic rings. The second kappa shape index (κ2) is 8.53. The molecule has 177 valence electrons. The zero-order valence-corrected chi connectivity index (χ0v) is 18.1. The van der Waals surface area contributed by atoms with Gasteiger partial charge in [-0.3, -0.25) is 30.3 Å². The third kappa shape index (κ3) is 3.63. The molecular formula is C22H17N6O7. The maximum atomic E-state index is 12.3. The van der Waals surface area contributed by atoms with Crippen molar-refractivity contribution < 1.29 is 19.5 Å². The zero-order chi connectivity index (χ0) is 24.7. The van der Waals surface area contributed by atoms with Crippen LogP contribution in [0.5, 0.6) is 0 Å². The van der Waals surface area contributed by atoms with Crippen molar-refractivity contribution in [3.63, 3.8) is 0 Å². The van der Waals surface area contributed by atoms with Crippen LogP contribution < -0.4 is 10.3 Å². The van der Waals surface area contributed by atoms with E-state index in [0.29, 0.717) is 11.0 Å². The minimum atomic E-state index is -0.893. The highest BCUT2D eigenvalue weighted by molar-refractivity contribution is 6.08. The van der Waals surface area contributed by atoms with Crippen molar-refractivity contribution in [3.8, 4) is 0 Å². The van der Waals surface area contributed by atoms with Gasteiger partial charge in [-0.05, 0) is 12.1 Å². The highest BCUT2D eigenvalue weighted by Gasteiger charge is 2.41. The molecule has 2 heterocycles. The fourth-order valence-electron chi connectivity index (χ4n) is 4.38. The first-order valence-electron chi connectivity index (χ1n) is 10.6. The Morgan fingerprint density at radius 1 is 0.771 bits per heavy atom. The van der Waals surface area contributed by atoms with Crippen LogP contribution in [0.1, 0.15) is 0 Å². The summed E-state index contributed by atoms with van der Waals surface area (Å²) in [6, 6.07) is 15.1. The summed E-state index contributed by atoms with van der Waals surface area (Å²) in [6.45, 7) is 0.692. The minimum absolute atomic E-state index is 0.147. The summed E-state index contributed by atoms with van der Waals surface area (Å²) in [7, 11) is 0. The van der Waals surface area contributed by atoms with Gasteiger partial charge in [0, 0.05) is 23.9 Å². The van der Waals surface area contributed by atoms with Gasteiger partial charge < -0.3 is 9.64 Å². The number of nitro groups is 3. The molecule has 3 aromatic carbocycles. The summed E-state index contributed by atoms with van der Waals surface area (Å²) < 4.78 is 6.68. The third-order valence-corrected chi connectivity index (χ3v) is 5.87. The molecule has 1 saturated heterocycles. The lowest BCUT2D eigenvalue weighted by molar-refractivity contribution is -0.401. The first-order valence-corrected chi connectivity index (χ1v) is 10.6. The second-order valence-electron chi connectivity index (χ2n) is 7.78. The Hall–Kier alpha value is -4.78. The standard InChI is InChI=1S/C22H17N6O7/c29-26(30)18-13-19(27(31)32)21(24-9-11-35-12-10-24)22(28(33)34)20(18)23-25-16-7-3-1-5-14(16)15-6-2-4-8-17(15)25/h1-8,13H,9-12H2. The lowest BCUT2D eigenvalue weighted by atomic mass is 10.1. The van der Waals surface area contributed by atoms with E-state index in [1.165, 1.54) is 9.58 Å². The van der Waals surface area contributed by atoms with E-state index in [2.05, 4.69) is 5.43 Å². The maximum Gasteiger partial charge on any atom is 0.334 e. The quantitative estimate of drug-likeness (QED) is 0.297. The van der Waals surface area contributed by atoms with Gasteiger partial charge >= 0.3 is 17.1 Å². The molecule has 0 spiro atoms. The summed E-state index contributed by atoms with van der Waals surface area (Å²) in [4.78, 5) is 35.0. The molecule has 0 amide bonds. The molecule has 1 aliphatic rings. The second-order valence-corrected chi connectivity index (χ2v) is 7.78. The van der Waals surface area contributed by atoms with Crippen molar-refractivity contribution in [2.45, 2.75) is 0 Å². The lowest BCUT2D eigenvalue weighted by Gasteiger charge is -2.28. The zero-order valence-electron chi connectivity index (χ0n) is 18.1. The van der Waals surface area contributed by atoms with Gasteiger partial charge in [-0.1, -0.05) is 36.4 Å². The van der Waals surface area contributed by atoms with Crippen molar-refractivity contribution in [2.75, 3.05) is 31.2 Å². The molecule has 1 aromatic heterocycles. The van der Waals surface area contributed by atoms with E-state index in [9.17, 15) is 30.3 Å². The number of aromatic nitrogens is 1. The van der Waals surface area contributed by atoms with Crippen molar-refractivity contribution in [2.24, 2.45) is 0 Å². The van der Waals surface area contributed by atoms with E-state index in [4.69, 9.17) is 4.74 Å². The summed E-state index contributed by atoms with van der Waals surface area (Å²) in [6.07, 6.45) is 0. The van der Waals surface area contributed by atoms with Crippen LogP contribution in [0.15, 0.2) is 54.6 Å². The highest BCUT2D eigenvalue weighted by Crippen LogP contribution is 2.49. The number of hydrogen-bond donors (Lipinski definition) is 0. The van der Waals surface area contributed by atoms with E-state index in [1.807, 2.05) is 24.3 Å². The van der Waals surface area contributed by atoms with E-state index < -0.39 is 37.5 Å². The first-order chi connectivity index (χ1) is 16.9. The van der Waals surface area contributed by atoms with Crippen LogP contribution in [0.3, 0.4) is 0 Å². The minimum Gasteiger partial charge on any atom is -0.378 e. The topological polar surface area (TPSA) is 161 Å². The molecule has 1 fully saturated rings. The molecule has 0 atom stereocenters. The van der Waals surface area contributed by atoms with Crippen LogP contribution in [0, 0.1) is 30.3 Å². The Balaban J connectivity index is 1.83. The average Bonchev–Trinajstić information content (AvgIpc) is 3.17. The van der Waals surface area contributed by atoms with Gasteiger partial charge in [0.25, 0.3) is 0 Å². The third-order valence-electron chi connectivity index (χ3n) is 5.87. The largest absolute Gasteiger partial charge is 0.378 e. The molecule has 0 N–H and O–H groups in total. The SMILES string of the molecule is O=[N+]([O-])c1cc([N+](=O)[O-])c(N2CCOCC2)c([N+](=O)[O-])c1[N]n1c2ccccc2c2ccccc21. The Labute approximate surface area is 196 Å². The van der Waals surface area contributed by atoms with Gasteiger partial charge in [0.2, 0.25) is 5.69 Å². The summed E-state index contributed by atoms with van der Waals surface area (Å²) in [5.74, 6) is 0. The van der Waals surface area contributed by atoms with Gasteiger partial charge in [0.15, 0.2) is 5.69 Å². The monoisotopic (exact) mass is 477 g/mol. The molecule has 0 aliphatic carbocycles. The Morgan fingerprint density at radius 3 is 1.83 bits per heavy atom. The van der Waals surface area contributed by atoms with Gasteiger partial charge in [0.1, 0.15) is 0 Å². The summed E-state index contributed by atoms with van der Waals surface area (Å²) >= 11 is 0. The highest BCUT2D eigenvalue weighted by atomic mass is 16.6. The number of nitrogens with zero attached hydrogens (tertiary/aromatic N) is 6. The fraction of sp³-hybridized carbons (Fsp3) is 0.182. The van der Waals surface area contributed by atoms with Crippen LogP contribution in [-0.4, -0.2) is 45.7 Å². The number of hydrogen-bond acceptors (Lipinski definition) is 8. The van der Waals surface area contributed by atoms with Crippen LogP contribution in [0.4, 0.5) is 28.4 Å². The molecule has 1 aliphatic heterocycles. The average molecular weight is 477 g/mol. The predicted octanol–water partition coefficient (Wildman–Crippen LogP) is 4.05. The molecular weight excluding hydrogens is 460 g/mol. The van der Waals surface area contributed by atoms with Crippen molar-refractivity contribution in [1.29, 1.82) is 0 Å². The van der Waals surface area contributed by atoms with E-state index in [-0.39, 0.29) is 32.0 Å². The number of nitro benzene ring substituents is 3. The first kappa shape index (κ1) is 22.0. The molecule has 35 heavy (non-hydrogen) atoms. The van der Waals surface area contributed by atoms with Crippen molar-refractivity contribution in [3.05, 3.63) is 84.9 Å². The molecule has 13 nitrogen and oxygen atoms in total. The van der Waals surface area contributed by atoms with E-state index >= 15 is 0 Å². The molecule has 1 radical (unpaired) electrons. The molecule has 5 rings (SSSR count). The molecule has 0 unspecified atom stereocenters. The van der Waals surface area contributed by atoms with Crippen LogP contribution in [-0.2, 0) is 4.74 Å². The van der Waals surface area contributed by atoms with E-state index in [1.54, 1.807) is 24.3 Å². The Bertz CT molecular complexity index is 1460. The number of anilines is 1. The normalized spacial score (nSPS) is 13.8. The van der Waals surface area contributed by atoms with Crippen LogP contribution in [0.25, 0.3) is 21.8 Å². The predicted molar refractivity (Wildman–Crippen MR) is 126 cm³/mol. The summed E-state index contributed by atoms with van der Waals surface area (Å²) in [5, 5.41) is 37.8. The number of benzene rings is 3. The number of rotatable bonds is 6. The summed E-state index contributed by atoms with van der Waals surface area (Å²) in [5.41, 5.74) is 2.30. The van der Waals surface area contributed by atoms with Crippen LogP contribution in [0.2, 0.25) is 0 Å². The smallest absolute Gasteiger partial charge is 0.334 e. The van der Waals surface area contributed by atoms with Crippen LogP contribution >= 0.6 is 0 Å². The van der Waals surface area contributed by atoms with Gasteiger partial charge in [0.05, 0.1) is 45.1 Å². The fourth-order valence-corrected chi connectivity index (χ4v) is 4.38. The molecule has 0 bridgehead atoms. The van der Waals surface area contributed by atoms with Crippen molar-refractivity contribution in [1.82, 2.24) is 10.1 Å². The maximum absolute atomic E-state index is 12.3. The van der Waals surface area contributed by atoms with Gasteiger partial charge in [-0.2, -0.15) is 5.43 Å². The Kier molecular flexibility index (Phi) is 5.37. The number of para-hydroxylation sites is 2. The number of fused-ring (bicyclic) bond motifs is 3. The van der Waals surface area contributed by atoms with Crippen molar-refractivity contribution >= 4 is 50.2 Å². The number of ether oxygens (including phenoxy) is 1. The van der Waals surface area contributed by atoms with Gasteiger partial charge in [-0.15, -0.1) is 0 Å². The molecule has 0 saturated carbocycles. The number of morpholine rings is 1. The molecule has 13 heteroatoms. The lowest BCUT2D eigenvalue weighted by Crippen LogP contribution is -2.37. The Morgan fingerprint density at radius 2 is 1.31 bits per heavy atom. The van der Waals surface area contributed by atoms with E-state index in [0.717, 1.165) is 16.8 Å². The van der Waals surface area contributed by atoms with Gasteiger partial charge in [-0.25, -0.2) is 4.68 Å².